The molecule has 0 amide bonds. The number of hydrogen-bond donors (Lipinski definition) is 0. The molecule has 116 valence electrons. The van der Waals surface area contributed by atoms with Crippen molar-refractivity contribution in [3.05, 3.63) is 78.1 Å². The number of esters is 1. The van der Waals surface area contributed by atoms with E-state index in [1.165, 1.54) is 17.3 Å². The van der Waals surface area contributed by atoms with E-state index >= 15 is 0 Å². The van der Waals surface area contributed by atoms with Crippen molar-refractivity contribution in [2.75, 3.05) is 6.61 Å². The van der Waals surface area contributed by atoms with E-state index in [0.717, 1.165) is 5.56 Å². The zero-order valence-electron chi connectivity index (χ0n) is 13.0. The fraction of sp³-hybridized carbons (Fsp3) is 0.158. The number of hydrogen-bond acceptors (Lipinski definition) is 3. The van der Waals surface area contributed by atoms with Crippen molar-refractivity contribution in [2.24, 2.45) is 0 Å². The number of nitrogens with zero attached hydrogens (tertiary/aromatic N) is 2. The molecule has 0 bridgehead atoms. The smallest absolute Gasteiger partial charge is 0.341 e. The van der Waals surface area contributed by atoms with Gasteiger partial charge in [0.05, 0.1) is 24.9 Å². The van der Waals surface area contributed by atoms with Crippen LogP contribution in [0.25, 0.3) is 11.1 Å². The number of benzene rings is 2. The fourth-order valence-electron chi connectivity index (χ4n) is 2.39. The van der Waals surface area contributed by atoms with Crippen molar-refractivity contribution in [3.8, 4) is 11.1 Å². The fourth-order valence-corrected chi connectivity index (χ4v) is 2.39. The van der Waals surface area contributed by atoms with Crippen LogP contribution in [0.5, 0.6) is 0 Å². The number of ether oxygens (including phenoxy) is 1. The van der Waals surface area contributed by atoms with Crippen LogP contribution in [-0.4, -0.2) is 22.4 Å². The minimum absolute atomic E-state index is 0.335. The molecule has 4 nitrogen and oxygen atoms in total. The minimum Gasteiger partial charge on any atom is -0.462 e. The molecule has 0 saturated heterocycles. The molecular formula is C19H18N2O2. The lowest BCUT2D eigenvalue weighted by molar-refractivity contribution is 0.0526. The Morgan fingerprint density at radius 1 is 1.04 bits per heavy atom. The highest BCUT2D eigenvalue weighted by Gasteiger charge is 2.09. The zero-order valence-corrected chi connectivity index (χ0v) is 13.0. The van der Waals surface area contributed by atoms with Gasteiger partial charge >= 0.3 is 5.97 Å². The summed E-state index contributed by atoms with van der Waals surface area (Å²) in [4.78, 5) is 11.6. The Labute approximate surface area is 135 Å². The molecule has 0 spiro atoms. The van der Waals surface area contributed by atoms with Gasteiger partial charge in [-0.1, -0.05) is 54.6 Å². The highest BCUT2D eigenvalue weighted by atomic mass is 16.5. The Hall–Kier alpha value is -2.88. The van der Waals surface area contributed by atoms with E-state index in [2.05, 4.69) is 41.5 Å². The summed E-state index contributed by atoms with van der Waals surface area (Å²) in [5.74, 6) is -0.335. The van der Waals surface area contributed by atoms with E-state index in [1.54, 1.807) is 17.8 Å². The Kier molecular flexibility index (Phi) is 4.52. The van der Waals surface area contributed by atoms with Gasteiger partial charge in [0.1, 0.15) is 0 Å². The van der Waals surface area contributed by atoms with Crippen molar-refractivity contribution in [2.45, 2.75) is 13.5 Å². The van der Waals surface area contributed by atoms with Crippen LogP contribution in [0.15, 0.2) is 67.0 Å². The van der Waals surface area contributed by atoms with Gasteiger partial charge in [-0.2, -0.15) is 5.10 Å². The lowest BCUT2D eigenvalue weighted by atomic mass is 10.0. The van der Waals surface area contributed by atoms with Crippen LogP contribution >= 0.6 is 0 Å². The van der Waals surface area contributed by atoms with Gasteiger partial charge in [-0.15, -0.1) is 0 Å². The molecule has 4 heteroatoms. The van der Waals surface area contributed by atoms with Gasteiger partial charge in [0, 0.05) is 6.20 Å². The first-order valence-corrected chi connectivity index (χ1v) is 7.60. The molecular weight excluding hydrogens is 288 g/mol. The Balaban J connectivity index is 1.70. The first kappa shape index (κ1) is 15.0. The first-order valence-electron chi connectivity index (χ1n) is 7.60. The van der Waals surface area contributed by atoms with Crippen molar-refractivity contribution < 1.29 is 9.53 Å². The maximum absolute atomic E-state index is 11.6. The summed E-state index contributed by atoms with van der Waals surface area (Å²) < 4.78 is 6.70. The van der Waals surface area contributed by atoms with E-state index in [4.69, 9.17) is 4.74 Å². The van der Waals surface area contributed by atoms with Gasteiger partial charge in [-0.3, -0.25) is 4.68 Å². The topological polar surface area (TPSA) is 44.1 Å². The molecule has 0 N–H and O–H groups in total. The second-order valence-electron chi connectivity index (χ2n) is 5.21. The highest BCUT2D eigenvalue weighted by molar-refractivity contribution is 5.88. The van der Waals surface area contributed by atoms with Crippen LogP contribution in [0.4, 0.5) is 0 Å². The van der Waals surface area contributed by atoms with E-state index < -0.39 is 0 Å². The Bertz CT molecular complexity index is 777. The van der Waals surface area contributed by atoms with Crippen LogP contribution in [-0.2, 0) is 11.3 Å². The lowest BCUT2D eigenvalue weighted by Gasteiger charge is -2.05. The van der Waals surface area contributed by atoms with E-state index in [9.17, 15) is 4.79 Å². The maximum Gasteiger partial charge on any atom is 0.341 e. The van der Waals surface area contributed by atoms with Crippen LogP contribution in [0, 0.1) is 0 Å². The van der Waals surface area contributed by atoms with Crippen molar-refractivity contribution >= 4 is 5.97 Å². The summed E-state index contributed by atoms with van der Waals surface area (Å²) in [6.07, 6.45) is 3.25. The Morgan fingerprint density at radius 3 is 2.43 bits per heavy atom. The third-order valence-electron chi connectivity index (χ3n) is 3.55. The molecule has 2 aromatic carbocycles. The summed E-state index contributed by atoms with van der Waals surface area (Å²) in [6, 6.07) is 18.6. The zero-order chi connectivity index (χ0) is 16.1. The minimum atomic E-state index is -0.335. The lowest BCUT2D eigenvalue weighted by Crippen LogP contribution is -2.04. The average Bonchev–Trinajstić information content (AvgIpc) is 3.05. The van der Waals surface area contributed by atoms with E-state index in [0.29, 0.717) is 18.7 Å². The molecule has 3 aromatic rings. The standard InChI is InChI=1S/C19H18N2O2/c1-2-23-19(22)18-12-20-21(14-18)13-15-8-10-17(11-9-15)16-6-4-3-5-7-16/h3-12,14H,2,13H2,1H3. The van der Waals surface area contributed by atoms with E-state index in [-0.39, 0.29) is 5.97 Å². The first-order chi connectivity index (χ1) is 11.3. The van der Waals surface area contributed by atoms with Gasteiger partial charge in [0.2, 0.25) is 0 Å². The van der Waals surface area contributed by atoms with Gasteiger partial charge < -0.3 is 4.74 Å². The molecule has 0 aliphatic carbocycles. The third kappa shape index (κ3) is 3.66. The summed E-state index contributed by atoms with van der Waals surface area (Å²) in [7, 11) is 0. The molecule has 0 aliphatic rings. The van der Waals surface area contributed by atoms with Crippen LogP contribution in [0.3, 0.4) is 0 Å². The third-order valence-corrected chi connectivity index (χ3v) is 3.55. The maximum atomic E-state index is 11.6. The summed E-state index contributed by atoms with van der Waals surface area (Å²) in [5.41, 5.74) is 3.99. The molecule has 0 fully saturated rings. The number of carbonyl (C=O) groups excluding carboxylic acids is 1. The van der Waals surface area contributed by atoms with Crippen molar-refractivity contribution in [1.82, 2.24) is 9.78 Å². The van der Waals surface area contributed by atoms with Gasteiger partial charge in [-0.25, -0.2) is 4.79 Å². The summed E-state index contributed by atoms with van der Waals surface area (Å²) in [5, 5.41) is 4.21. The molecule has 0 atom stereocenters. The summed E-state index contributed by atoms with van der Waals surface area (Å²) in [6.45, 7) is 2.77. The summed E-state index contributed by atoms with van der Waals surface area (Å²) >= 11 is 0. The van der Waals surface area contributed by atoms with Gasteiger partial charge in [0.25, 0.3) is 0 Å². The SMILES string of the molecule is CCOC(=O)c1cnn(Cc2ccc(-c3ccccc3)cc2)c1. The van der Waals surface area contributed by atoms with Crippen molar-refractivity contribution in [3.63, 3.8) is 0 Å². The Morgan fingerprint density at radius 2 is 1.74 bits per heavy atom. The number of rotatable bonds is 5. The van der Waals surface area contributed by atoms with E-state index in [1.807, 2.05) is 18.2 Å². The molecule has 3 rings (SSSR count). The van der Waals surface area contributed by atoms with Crippen LogP contribution < -0.4 is 0 Å². The molecule has 1 heterocycles. The second-order valence-corrected chi connectivity index (χ2v) is 5.21. The van der Waals surface area contributed by atoms with Crippen molar-refractivity contribution in [1.29, 1.82) is 0 Å². The second kappa shape index (κ2) is 6.92. The van der Waals surface area contributed by atoms with Crippen LogP contribution in [0.1, 0.15) is 22.8 Å². The molecule has 0 radical (unpaired) electrons. The largest absolute Gasteiger partial charge is 0.462 e. The molecule has 0 aliphatic heterocycles. The van der Waals surface area contributed by atoms with Gasteiger partial charge in [-0.05, 0) is 23.6 Å². The monoisotopic (exact) mass is 306 g/mol. The number of aromatic nitrogens is 2. The predicted molar refractivity (Wildman–Crippen MR) is 89.2 cm³/mol. The highest BCUT2D eigenvalue weighted by Crippen LogP contribution is 2.19. The van der Waals surface area contributed by atoms with Gasteiger partial charge in [0.15, 0.2) is 0 Å². The quantitative estimate of drug-likeness (QED) is 0.674. The molecule has 23 heavy (non-hydrogen) atoms. The predicted octanol–water partition coefficient (Wildman–Crippen LogP) is 3.78. The molecule has 1 aromatic heterocycles. The molecule has 0 unspecified atom stereocenters. The van der Waals surface area contributed by atoms with Crippen LogP contribution in [0.2, 0.25) is 0 Å². The number of carbonyl (C=O) groups is 1. The normalized spacial score (nSPS) is 10.5. The molecule has 0 saturated carbocycles. The average molecular weight is 306 g/mol.